The first-order valence-corrected chi connectivity index (χ1v) is 6.29. The number of likely N-dealkylation sites (N-methyl/N-ethyl adjacent to an activating group) is 1. The van der Waals surface area contributed by atoms with Crippen LogP contribution in [0.4, 0.5) is 0 Å². The SMILES string of the molecule is CNC1CCCN(Cc2ccoc2C(=O)OC)C1. The number of nitrogens with zero attached hydrogens (tertiary/aromatic N) is 1. The Labute approximate surface area is 107 Å². The fourth-order valence-electron chi connectivity index (χ4n) is 2.41. The van der Waals surface area contributed by atoms with E-state index in [0.29, 0.717) is 11.8 Å². The molecule has 0 radical (unpaired) electrons. The molecule has 0 amide bonds. The number of esters is 1. The minimum absolute atomic E-state index is 0.323. The van der Waals surface area contributed by atoms with Gasteiger partial charge >= 0.3 is 5.97 Å². The van der Waals surface area contributed by atoms with Gasteiger partial charge in [0.05, 0.1) is 13.4 Å². The fraction of sp³-hybridized carbons (Fsp3) is 0.615. The van der Waals surface area contributed by atoms with Crippen molar-refractivity contribution in [3.63, 3.8) is 0 Å². The lowest BCUT2D eigenvalue weighted by Gasteiger charge is -2.32. The van der Waals surface area contributed by atoms with Crippen LogP contribution < -0.4 is 5.32 Å². The van der Waals surface area contributed by atoms with Gasteiger partial charge < -0.3 is 14.5 Å². The first-order valence-electron chi connectivity index (χ1n) is 6.29. The molecule has 0 aliphatic carbocycles. The topological polar surface area (TPSA) is 54.7 Å². The zero-order valence-electron chi connectivity index (χ0n) is 10.9. The molecular weight excluding hydrogens is 232 g/mol. The quantitative estimate of drug-likeness (QED) is 0.817. The molecule has 1 aromatic heterocycles. The number of likely N-dealkylation sites (tertiary alicyclic amines) is 1. The maximum Gasteiger partial charge on any atom is 0.374 e. The van der Waals surface area contributed by atoms with Crippen molar-refractivity contribution in [1.29, 1.82) is 0 Å². The summed E-state index contributed by atoms with van der Waals surface area (Å²) in [5, 5.41) is 3.31. The van der Waals surface area contributed by atoms with Crippen LogP contribution in [0.25, 0.3) is 0 Å². The van der Waals surface area contributed by atoms with Crippen molar-refractivity contribution in [3.8, 4) is 0 Å². The van der Waals surface area contributed by atoms with Crippen molar-refractivity contribution < 1.29 is 13.9 Å². The van der Waals surface area contributed by atoms with E-state index in [-0.39, 0.29) is 0 Å². The number of nitrogens with one attached hydrogen (secondary N) is 1. The summed E-state index contributed by atoms with van der Waals surface area (Å²) in [6.45, 7) is 2.80. The van der Waals surface area contributed by atoms with E-state index in [4.69, 9.17) is 9.15 Å². The molecule has 0 bridgehead atoms. The highest BCUT2D eigenvalue weighted by atomic mass is 16.5. The Bertz CT molecular complexity index is 403. The second-order valence-corrected chi connectivity index (χ2v) is 4.63. The van der Waals surface area contributed by atoms with Gasteiger partial charge in [0.25, 0.3) is 0 Å². The summed E-state index contributed by atoms with van der Waals surface area (Å²) in [6, 6.07) is 2.38. The molecule has 1 saturated heterocycles. The molecule has 1 aromatic rings. The average Bonchev–Trinajstić information content (AvgIpc) is 2.86. The highest BCUT2D eigenvalue weighted by Gasteiger charge is 2.22. The summed E-state index contributed by atoms with van der Waals surface area (Å²) >= 11 is 0. The van der Waals surface area contributed by atoms with Crippen molar-refractivity contribution in [3.05, 3.63) is 23.7 Å². The van der Waals surface area contributed by atoms with E-state index in [9.17, 15) is 4.79 Å². The van der Waals surface area contributed by atoms with Crippen molar-refractivity contribution >= 4 is 5.97 Å². The van der Waals surface area contributed by atoms with Crippen LogP contribution in [0.1, 0.15) is 29.0 Å². The van der Waals surface area contributed by atoms with E-state index < -0.39 is 5.97 Å². The van der Waals surface area contributed by atoms with E-state index in [1.807, 2.05) is 13.1 Å². The minimum atomic E-state index is -0.405. The summed E-state index contributed by atoms with van der Waals surface area (Å²) in [5.74, 6) is -0.0822. The Balaban J connectivity index is 2.00. The van der Waals surface area contributed by atoms with Gasteiger partial charge in [0.2, 0.25) is 5.76 Å². The highest BCUT2D eigenvalue weighted by molar-refractivity contribution is 5.87. The van der Waals surface area contributed by atoms with Crippen LogP contribution in [-0.4, -0.2) is 44.2 Å². The number of ether oxygens (including phenoxy) is 1. The molecule has 18 heavy (non-hydrogen) atoms. The molecule has 1 fully saturated rings. The zero-order chi connectivity index (χ0) is 13.0. The van der Waals surface area contributed by atoms with Crippen molar-refractivity contribution in [2.45, 2.75) is 25.4 Å². The molecule has 5 nitrogen and oxygen atoms in total. The molecule has 1 N–H and O–H groups in total. The van der Waals surface area contributed by atoms with Gasteiger partial charge in [-0.15, -0.1) is 0 Å². The first-order chi connectivity index (χ1) is 8.74. The Hall–Kier alpha value is -1.33. The minimum Gasteiger partial charge on any atom is -0.463 e. The number of carbonyl (C=O) groups is 1. The third kappa shape index (κ3) is 2.91. The smallest absolute Gasteiger partial charge is 0.374 e. The summed E-state index contributed by atoms with van der Waals surface area (Å²) in [4.78, 5) is 13.8. The highest BCUT2D eigenvalue weighted by Crippen LogP contribution is 2.18. The summed E-state index contributed by atoms with van der Waals surface area (Å²) in [5.41, 5.74) is 0.901. The molecule has 1 aliphatic rings. The maximum atomic E-state index is 11.5. The number of methoxy groups -OCH3 is 1. The number of rotatable bonds is 4. The van der Waals surface area contributed by atoms with Gasteiger partial charge in [-0.25, -0.2) is 4.79 Å². The molecule has 2 heterocycles. The number of carbonyl (C=O) groups excluding carboxylic acids is 1. The second-order valence-electron chi connectivity index (χ2n) is 4.63. The van der Waals surface area contributed by atoms with Crippen LogP contribution in [0, 0.1) is 0 Å². The first kappa shape index (κ1) is 13.1. The van der Waals surface area contributed by atoms with Crippen LogP contribution in [0.2, 0.25) is 0 Å². The number of furan rings is 1. The normalized spacial score (nSPS) is 20.9. The Morgan fingerprint density at radius 1 is 1.67 bits per heavy atom. The third-order valence-corrected chi connectivity index (χ3v) is 3.43. The molecule has 2 rings (SSSR count). The van der Waals surface area contributed by atoms with Crippen LogP contribution in [-0.2, 0) is 11.3 Å². The Morgan fingerprint density at radius 2 is 2.50 bits per heavy atom. The van der Waals surface area contributed by atoms with Gasteiger partial charge in [0, 0.05) is 24.7 Å². The van der Waals surface area contributed by atoms with Gasteiger partial charge in [-0.1, -0.05) is 0 Å². The largest absolute Gasteiger partial charge is 0.463 e. The summed E-state index contributed by atoms with van der Waals surface area (Å²) in [6.07, 6.45) is 3.93. The molecule has 0 spiro atoms. The maximum absolute atomic E-state index is 11.5. The number of piperidine rings is 1. The second kappa shape index (κ2) is 6.02. The van der Waals surface area contributed by atoms with Crippen molar-refractivity contribution in [2.24, 2.45) is 0 Å². The van der Waals surface area contributed by atoms with Gasteiger partial charge in [-0.2, -0.15) is 0 Å². The molecule has 1 unspecified atom stereocenters. The van der Waals surface area contributed by atoms with Gasteiger partial charge in [-0.05, 0) is 32.5 Å². The van der Waals surface area contributed by atoms with Crippen LogP contribution >= 0.6 is 0 Å². The lowest BCUT2D eigenvalue weighted by Crippen LogP contribution is -2.43. The van der Waals surface area contributed by atoms with Gasteiger partial charge in [0.15, 0.2) is 0 Å². The monoisotopic (exact) mass is 252 g/mol. The van der Waals surface area contributed by atoms with Gasteiger partial charge in [0.1, 0.15) is 0 Å². The number of hydrogen-bond acceptors (Lipinski definition) is 5. The van der Waals surface area contributed by atoms with E-state index in [1.54, 1.807) is 6.26 Å². The molecule has 100 valence electrons. The van der Waals surface area contributed by atoms with Crippen molar-refractivity contribution in [2.75, 3.05) is 27.2 Å². The molecule has 0 saturated carbocycles. The molecule has 5 heteroatoms. The Morgan fingerprint density at radius 3 is 3.22 bits per heavy atom. The Kier molecular flexibility index (Phi) is 4.38. The standard InChI is InChI=1S/C13H20N2O3/c1-14-11-4-3-6-15(9-11)8-10-5-7-18-12(10)13(16)17-2/h5,7,11,14H,3-4,6,8-9H2,1-2H3. The van der Waals surface area contributed by atoms with E-state index in [0.717, 1.165) is 25.2 Å². The average molecular weight is 252 g/mol. The zero-order valence-corrected chi connectivity index (χ0v) is 10.9. The van der Waals surface area contributed by atoms with Crippen LogP contribution in [0.5, 0.6) is 0 Å². The predicted octanol–water partition coefficient (Wildman–Crippen LogP) is 1.25. The van der Waals surface area contributed by atoms with E-state index in [2.05, 4.69) is 10.2 Å². The summed E-state index contributed by atoms with van der Waals surface area (Å²) in [7, 11) is 3.36. The predicted molar refractivity (Wildman–Crippen MR) is 67.4 cm³/mol. The van der Waals surface area contributed by atoms with Crippen LogP contribution in [0.15, 0.2) is 16.7 Å². The fourth-order valence-corrected chi connectivity index (χ4v) is 2.41. The molecule has 1 aliphatic heterocycles. The lowest BCUT2D eigenvalue weighted by atomic mass is 10.1. The molecule has 0 aromatic carbocycles. The molecular formula is C13H20N2O3. The van der Waals surface area contributed by atoms with E-state index in [1.165, 1.54) is 20.0 Å². The molecule has 1 atom stereocenters. The van der Waals surface area contributed by atoms with E-state index >= 15 is 0 Å². The van der Waals surface area contributed by atoms with Crippen molar-refractivity contribution in [1.82, 2.24) is 10.2 Å². The van der Waals surface area contributed by atoms with Crippen LogP contribution in [0.3, 0.4) is 0 Å². The van der Waals surface area contributed by atoms with Gasteiger partial charge in [-0.3, -0.25) is 4.90 Å². The lowest BCUT2D eigenvalue weighted by molar-refractivity contribution is 0.0561. The number of hydrogen-bond donors (Lipinski definition) is 1. The third-order valence-electron chi connectivity index (χ3n) is 3.43. The summed E-state index contributed by atoms with van der Waals surface area (Å²) < 4.78 is 9.90.